The lowest BCUT2D eigenvalue weighted by Gasteiger charge is -2.24. The van der Waals surface area contributed by atoms with Crippen molar-refractivity contribution in [2.24, 2.45) is 5.92 Å². The minimum absolute atomic E-state index is 0.0222. The van der Waals surface area contributed by atoms with Gasteiger partial charge in [-0.25, -0.2) is 0 Å². The smallest absolute Gasteiger partial charge is 0.261 e. The van der Waals surface area contributed by atoms with Gasteiger partial charge in [0, 0.05) is 6.54 Å². The Balaban J connectivity index is 1.89. The number of carbonyl (C=O) groups excluding carboxylic acids is 1. The molecule has 0 saturated heterocycles. The maximum absolute atomic E-state index is 12.4. The summed E-state index contributed by atoms with van der Waals surface area (Å²) >= 11 is 0. The molecular weight excluding hydrogens is 274 g/mol. The number of hydrogen-bond donors (Lipinski definition) is 1. The van der Waals surface area contributed by atoms with Gasteiger partial charge in [-0.3, -0.25) is 4.79 Å². The Labute approximate surface area is 134 Å². The van der Waals surface area contributed by atoms with E-state index in [1.165, 1.54) is 37.7 Å². The molecule has 1 aliphatic rings. The van der Waals surface area contributed by atoms with Gasteiger partial charge in [-0.05, 0) is 56.2 Å². The molecular formula is C19H29NO2. The summed E-state index contributed by atoms with van der Waals surface area (Å²) in [5.41, 5.74) is 2.30. The van der Waals surface area contributed by atoms with Crippen LogP contribution in [-0.4, -0.2) is 18.6 Å². The van der Waals surface area contributed by atoms with Crippen LogP contribution in [-0.2, 0) is 4.79 Å². The van der Waals surface area contributed by atoms with Crippen molar-refractivity contribution in [1.82, 2.24) is 5.32 Å². The van der Waals surface area contributed by atoms with Crippen LogP contribution >= 0.6 is 0 Å². The third-order valence-electron chi connectivity index (χ3n) is 4.78. The molecule has 3 heteroatoms. The van der Waals surface area contributed by atoms with Crippen LogP contribution in [0.2, 0.25) is 0 Å². The predicted molar refractivity (Wildman–Crippen MR) is 90.2 cm³/mol. The Morgan fingerprint density at radius 3 is 2.68 bits per heavy atom. The normalized spacial score (nSPS) is 17.0. The Morgan fingerprint density at radius 1 is 1.27 bits per heavy atom. The molecule has 0 unspecified atom stereocenters. The Morgan fingerprint density at radius 2 is 2.00 bits per heavy atom. The van der Waals surface area contributed by atoms with Crippen LogP contribution in [0.5, 0.6) is 5.75 Å². The van der Waals surface area contributed by atoms with E-state index in [9.17, 15) is 4.79 Å². The number of ether oxygens (including phenoxy) is 1. The highest BCUT2D eigenvalue weighted by Crippen LogP contribution is 2.24. The summed E-state index contributed by atoms with van der Waals surface area (Å²) in [5.74, 6) is 1.49. The molecule has 122 valence electrons. The molecule has 0 aliphatic heterocycles. The summed E-state index contributed by atoms with van der Waals surface area (Å²) in [7, 11) is 0. The number of hydrogen-bond acceptors (Lipinski definition) is 2. The largest absolute Gasteiger partial charge is 0.480 e. The van der Waals surface area contributed by atoms with Gasteiger partial charge in [0.25, 0.3) is 5.91 Å². The van der Waals surface area contributed by atoms with Gasteiger partial charge in [-0.15, -0.1) is 0 Å². The first-order chi connectivity index (χ1) is 10.6. The van der Waals surface area contributed by atoms with Crippen molar-refractivity contribution < 1.29 is 9.53 Å². The third kappa shape index (κ3) is 4.49. The molecule has 1 saturated carbocycles. The number of aryl methyl sites for hydroxylation is 1. The number of rotatable bonds is 6. The van der Waals surface area contributed by atoms with Crippen LogP contribution in [0.15, 0.2) is 18.2 Å². The number of amides is 1. The van der Waals surface area contributed by atoms with E-state index >= 15 is 0 Å². The fourth-order valence-corrected chi connectivity index (χ4v) is 3.08. The molecule has 0 bridgehead atoms. The minimum Gasteiger partial charge on any atom is -0.480 e. The van der Waals surface area contributed by atoms with E-state index in [0.29, 0.717) is 12.3 Å². The highest BCUT2D eigenvalue weighted by atomic mass is 16.5. The lowest BCUT2D eigenvalue weighted by Crippen LogP contribution is -2.40. The zero-order valence-electron chi connectivity index (χ0n) is 14.2. The zero-order chi connectivity index (χ0) is 15.9. The van der Waals surface area contributed by atoms with E-state index in [4.69, 9.17) is 4.74 Å². The van der Waals surface area contributed by atoms with Crippen molar-refractivity contribution >= 4 is 5.91 Å². The van der Waals surface area contributed by atoms with Crippen LogP contribution < -0.4 is 10.1 Å². The monoisotopic (exact) mass is 303 g/mol. The van der Waals surface area contributed by atoms with Crippen molar-refractivity contribution in [3.8, 4) is 5.75 Å². The standard InChI is InChI=1S/C19H29NO2/c1-4-17(22-18-12-8-9-14(2)15(18)3)19(21)20-13-16-10-6-5-7-11-16/h8-9,12,16-17H,4-7,10-11,13H2,1-3H3,(H,20,21)/t17-/m1/s1. The first kappa shape index (κ1) is 16.9. The van der Waals surface area contributed by atoms with Crippen LogP contribution in [0.1, 0.15) is 56.6 Å². The van der Waals surface area contributed by atoms with Gasteiger partial charge < -0.3 is 10.1 Å². The van der Waals surface area contributed by atoms with E-state index < -0.39 is 6.10 Å². The Bertz CT molecular complexity index is 492. The molecule has 1 aliphatic carbocycles. The van der Waals surface area contributed by atoms with Gasteiger partial charge in [0.1, 0.15) is 5.75 Å². The molecule has 2 rings (SSSR count). The topological polar surface area (TPSA) is 38.3 Å². The number of benzene rings is 1. The first-order valence-corrected chi connectivity index (χ1v) is 8.62. The van der Waals surface area contributed by atoms with Crippen LogP contribution in [0.4, 0.5) is 0 Å². The maximum atomic E-state index is 12.4. The molecule has 1 aromatic carbocycles. The van der Waals surface area contributed by atoms with E-state index in [-0.39, 0.29) is 5.91 Å². The van der Waals surface area contributed by atoms with Gasteiger partial charge in [-0.2, -0.15) is 0 Å². The Kier molecular flexibility index (Phi) is 6.29. The average Bonchev–Trinajstić information content (AvgIpc) is 2.55. The molecule has 1 fully saturated rings. The summed E-state index contributed by atoms with van der Waals surface area (Å²) in [4.78, 5) is 12.4. The molecule has 1 atom stereocenters. The SMILES string of the molecule is CC[C@@H](Oc1cccc(C)c1C)C(=O)NCC1CCCCC1. The fraction of sp³-hybridized carbons (Fsp3) is 0.632. The molecule has 1 aromatic rings. The van der Waals surface area contributed by atoms with E-state index in [2.05, 4.69) is 18.3 Å². The van der Waals surface area contributed by atoms with Crippen molar-refractivity contribution in [2.45, 2.75) is 65.4 Å². The second-order valence-electron chi connectivity index (χ2n) is 6.46. The molecule has 1 N–H and O–H groups in total. The second kappa shape index (κ2) is 8.21. The summed E-state index contributed by atoms with van der Waals surface area (Å²) in [6, 6.07) is 5.98. The molecule has 1 amide bonds. The summed E-state index contributed by atoms with van der Waals surface area (Å²) < 4.78 is 5.96. The van der Waals surface area contributed by atoms with Crippen LogP contribution in [0, 0.1) is 19.8 Å². The van der Waals surface area contributed by atoms with Crippen LogP contribution in [0.3, 0.4) is 0 Å². The van der Waals surface area contributed by atoms with Gasteiger partial charge in [0.05, 0.1) is 0 Å². The lowest BCUT2D eigenvalue weighted by atomic mass is 9.89. The molecule has 0 radical (unpaired) electrons. The number of carbonyl (C=O) groups is 1. The quantitative estimate of drug-likeness (QED) is 0.857. The second-order valence-corrected chi connectivity index (χ2v) is 6.46. The third-order valence-corrected chi connectivity index (χ3v) is 4.78. The highest BCUT2D eigenvalue weighted by molar-refractivity contribution is 5.81. The van der Waals surface area contributed by atoms with Crippen molar-refractivity contribution in [1.29, 1.82) is 0 Å². The molecule has 3 nitrogen and oxygen atoms in total. The molecule has 22 heavy (non-hydrogen) atoms. The van der Waals surface area contributed by atoms with Crippen molar-refractivity contribution in [2.75, 3.05) is 6.54 Å². The summed E-state index contributed by atoms with van der Waals surface area (Å²) in [5, 5.41) is 3.09. The van der Waals surface area contributed by atoms with Gasteiger partial charge >= 0.3 is 0 Å². The molecule has 0 aromatic heterocycles. The van der Waals surface area contributed by atoms with E-state index in [1.807, 2.05) is 26.0 Å². The highest BCUT2D eigenvalue weighted by Gasteiger charge is 2.21. The Hall–Kier alpha value is -1.51. The first-order valence-electron chi connectivity index (χ1n) is 8.62. The predicted octanol–water partition coefficient (Wildman–Crippen LogP) is 4.16. The maximum Gasteiger partial charge on any atom is 0.261 e. The summed E-state index contributed by atoms with van der Waals surface area (Å²) in [6.45, 7) is 6.89. The van der Waals surface area contributed by atoms with E-state index in [1.54, 1.807) is 0 Å². The minimum atomic E-state index is -0.399. The van der Waals surface area contributed by atoms with Gasteiger partial charge in [-0.1, -0.05) is 38.3 Å². The average molecular weight is 303 g/mol. The van der Waals surface area contributed by atoms with E-state index in [0.717, 1.165) is 17.9 Å². The lowest BCUT2D eigenvalue weighted by molar-refractivity contribution is -0.128. The molecule has 0 spiro atoms. The van der Waals surface area contributed by atoms with Crippen molar-refractivity contribution in [3.05, 3.63) is 29.3 Å². The zero-order valence-corrected chi connectivity index (χ0v) is 14.2. The van der Waals surface area contributed by atoms with Gasteiger partial charge in [0.2, 0.25) is 0 Å². The fourth-order valence-electron chi connectivity index (χ4n) is 3.08. The van der Waals surface area contributed by atoms with Crippen LogP contribution in [0.25, 0.3) is 0 Å². The summed E-state index contributed by atoms with van der Waals surface area (Å²) in [6.07, 6.45) is 6.72. The van der Waals surface area contributed by atoms with Gasteiger partial charge in [0.15, 0.2) is 6.10 Å². The number of nitrogens with one attached hydrogen (secondary N) is 1. The molecule has 0 heterocycles. The van der Waals surface area contributed by atoms with Crippen molar-refractivity contribution in [3.63, 3.8) is 0 Å².